The van der Waals surface area contributed by atoms with Crippen molar-refractivity contribution in [1.82, 2.24) is 0 Å². The van der Waals surface area contributed by atoms with Gasteiger partial charge in [-0.3, -0.25) is 10.2 Å². The maximum Gasteiger partial charge on any atom is 0.313 e. The SMILES string of the molecule is N=C(N)CC(=O)OC/C=C/c1ccccc1. The molecule has 1 aromatic carbocycles. The molecule has 0 atom stereocenters. The van der Waals surface area contributed by atoms with Crippen LogP contribution in [-0.4, -0.2) is 18.4 Å². The van der Waals surface area contributed by atoms with Crippen LogP contribution in [0.25, 0.3) is 6.08 Å². The second-order valence-corrected chi connectivity index (χ2v) is 3.20. The Morgan fingerprint density at radius 1 is 1.38 bits per heavy atom. The third-order valence-corrected chi connectivity index (χ3v) is 1.79. The molecule has 0 aliphatic rings. The summed E-state index contributed by atoms with van der Waals surface area (Å²) < 4.78 is 4.83. The van der Waals surface area contributed by atoms with Gasteiger partial charge in [-0.25, -0.2) is 0 Å². The van der Waals surface area contributed by atoms with Crippen molar-refractivity contribution < 1.29 is 9.53 Å². The van der Waals surface area contributed by atoms with E-state index >= 15 is 0 Å². The van der Waals surface area contributed by atoms with Gasteiger partial charge in [0.1, 0.15) is 18.9 Å². The number of hydrogen-bond acceptors (Lipinski definition) is 3. The fraction of sp³-hybridized carbons (Fsp3) is 0.167. The zero-order valence-corrected chi connectivity index (χ0v) is 8.85. The largest absolute Gasteiger partial charge is 0.461 e. The molecule has 0 aliphatic carbocycles. The number of carbonyl (C=O) groups excluding carboxylic acids is 1. The Morgan fingerprint density at radius 3 is 2.69 bits per heavy atom. The Morgan fingerprint density at radius 2 is 2.06 bits per heavy atom. The molecule has 1 rings (SSSR count). The van der Waals surface area contributed by atoms with Crippen molar-refractivity contribution in [2.75, 3.05) is 6.61 Å². The summed E-state index contributed by atoms with van der Waals surface area (Å²) >= 11 is 0. The van der Waals surface area contributed by atoms with Crippen LogP contribution in [0, 0.1) is 5.41 Å². The van der Waals surface area contributed by atoms with E-state index in [0.717, 1.165) is 5.56 Å². The van der Waals surface area contributed by atoms with Gasteiger partial charge in [0.25, 0.3) is 0 Å². The van der Waals surface area contributed by atoms with Gasteiger partial charge in [-0.05, 0) is 11.6 Å². The third kappa shape index (κ3) is 4.95. The van der Waals surface area contributed by atoms with Gasteiger partial charge in [0.15, 0.2) is 0 Å². The van der Waals surface area contributed by atoms with Gasteiger partial charge in [0.2, 0.25) is 0 Å². The molecule has 0 spiro atoms. The number of rotatable bonds is 5. The Balaban J connectivity index is 2.28. The lowest BCUT2D eigenvalue weighted by Crippen LogP contribution is -2.17. The molecule has 0 aliphatic heterocycles. The molecular formula is C12H14N2O2. The van der Waals surface area contributed by atoms with Crippen LogP contribution in [0.3, 0.4) is 0 Å². The second kappa shape index (κ2) is 6.40. The number of hydrogen-bond donors (Lipinski definition) is 2. The first-order valence-corrected chi connectivity index (χ1v) is 4.88. The van der Waals surface area contributed by atoms with E-state index in [2.05, 4.69) is 0 Å². The molecule has 0 heterocycles. The van der Waals surface area contributed by atoms with Crippen molar-refractivity contribution in [1.29, 1.82) is 5.41 Å². The zero-order valence-electron chi connectivity index (χ0n) is 8.85. The van der Waals surface area contributed by atoms with Crippen LogP contribution in [0.15, 0.2) is 36.4 Å². The minimum atomic E-state index is -0.481. The van der Waals surface area contributed by atoms with Crippen LogP contribution in [0.1, 0.15) is 12.0 Å². The number of nitrogens with one attached hydrogen (secondary N) is 1. The van der Waals surface area contributed by atoms with Crippen molar-refractivity contribution in [2.24, 2.45) is 5.73 Å². The van der Waals surface area contributed by atoms with Crippen molar-refractivity contribution in [2.45, 2.75) is 6.42 Å². The summed E-state index contributed by atoms with van der Waals surface area (Å²) in [4.78, 5) is 11.0. The number of ether oxygens (including phenoxy) is 1. The fourth-order valence-electron chi connectivity index (χ4n) is 1.10. The van der Waals surface area contributed by atoms with Crippen molar-refractivity contribution in [3.63, 3.8) is 0 Å². The molecule has 1 aromatic rings. The van der Waals surface area contributed by atoms with E-state index in [9.17, 15) is 4.79 Å². The second-order valence-electron chi connectivity index (χ2n) is 3.20. The number of nitrogens with two attached hydrogens (primary N) is 1. The summed E-state index contributed by atoms with van der Waals surface area (Å²) in [6.45, 7) is 0.195. The standard InChI is InChI=1S/C12H14N2O2/c13-11(14)9-12(15)16-8-4-7-10-5-2-1-3-6-10/h1-7H,8-9H2,(H3,13,14)/b7-4+. The highest BCUT2D eigenvalue weighted by molar-refractivity contribution is 5.94. The monoisotopic (exact) mass is 218 g/mol. The zero-order chi connectivity index (χ0) is 11.8. The molecule has 0 amide bonds. The molecule has 0 bridgehead atoms. The van der Waals surface area contributed by atoms with Crippen molar-refractivity contribution in [3.05, 3.63) is 42.0 Å². The minimum Gasteiger partial charge on any atom is -0.461 e. The quantitative estimate of drug-likeness (QED) is 0.447. The molecule has 4 nitrogen and oxygen atoms in total. The summed E-state index contributed by atoms with van der Waals surface area (Å²) in [5.41, 5.74) is 6.10. The van der Waals surface area contributed by atoms with Crippen LogP contribution in [-0.2, 0) is 9.53 Å². The van der Waals surface area contributed by atoms with Gasteiger partial charge in [-0.15, -0.1) is 0 Å². The van der Waals surface area contributed by atoms with Gasteiger partial charge in [0, 0.05) is 0 Å². The van der Waals surface area contributed by atoms with Gasteiger partial charge >= 0.3 is 5.97 Å². The average molecular weight is 218 g/mol. The molecule has 0 saturated carbocycles. The van der Waals surface area contributed by atoms with Crippen molar-refractivity contribution in [3.8, 4) is 0 Å². The fourth-order valence-corrected chi connectivity index (χ4v) is 1.10. The summed E-state index contributed by atoms with van der Waals surface area (Å²) in [5, 5.41) is 6.90. The van der Waals surface area contributed by atoms with Crippen LogP contribution >= 0.6 is 0 Å². The molecule has 16 heavy (non-hydrogen) atoms. The van der Waals surface area contributed by atoms with E-state index in [4.69, 9.17) is 15.9 Å². The normalized spacial score (nSPS) is 10.2. The molecule has 0 saturated heterocycles. The molecule has 4 heteroatoms. The molecule has 0 unspecified atom stereocenters. The average Bonchev–Trinajstić information content (AvgIpc) is 2.25. The van der Waals surface area contributed by atoms with Gasteiger partial charge < -0.3 is 10.5 Å². The third-order valence-electron chi connectivity index (χ3n) is 1.79. The van der Waals surface area contributed by atoms with E-state index in [1.807, 2.05) is 36.4 Å². The van der Waals surface area contributed by atoms with Crippen LogP contribution in [0.4, 0.5) is 0 Å². The number of benzene rings is 1. The first-order valence-electron chi connectivity index (χ1n) is 4.88. The van der Waals surface area contributed by atoms with Gasteiger partial charge in [-0.1, -0.05) is 36.4 Å². The number of esters is 1. The van der Waals surface area contributed by atoms with E-state index < -0.39 is 5.97 Å². The van der Waals surface area contributed by atoms with E-state index in [1.54, 1.807) is 6.08 Å². The number of amidine groups is 1. The van der Waals surface area contributed by atoms with Gasteiger partial charge in [0.05, 0.1) is 0 Å². The highest BCUT2D eigenvalue weighted by atomic mass is 16.5. The van der Waals surface area contributed by atoms with Crippen LogP contribution < -0.4 is 5.73 Å². The Hall–Kier alpha value is -2.10. The molecule has 84 valence electrons. The van der Waals surface area contributed by atoms with Gasteiger partial charge in [-0.2, -0.15) is 0 Å². The number of carbonyl (C=O) groups is 1. The summed E-state index contributed by atoms with van der Waals surface area (Å²) in [6, 6.07) is 9.70. The van der Waals surface area contributed by atoms with E-state index in [1.165, 1.54) is 0 Å². The Labute approximate surface area is 94.2 Å². The first-order chi connectivity index (χ1) is 7.68. The maximum absolute atomic E-state index is 11.0. The topological polar surface area (TPSA) is 76.2 Å². The van der Waals surface area contributed by atoms with Crippen molar-refractivity contribution >= 4 is 17.9 Å². The molecule has 0 radical (unpaired) electrons. The van der Waals surface area contributed by atoms with E-state index in [0.29, 0.717) is 0 Å². The van der Waals surface area contributed by atoms with Crippen LogP contribution in [0.5, 0.6) is 0 Å². The lowest BCUT2D eigenvalue weighted by atomic mass is 10.2. The highest BCUT2D eigenvalue weighted by Gasteiger charge is 2.02. The molecule has 0 aromatic heterocycles. The Bertz CT molecular complexity index is 385. The predicted molar refractivity (Wildman–Crippen MR) is 63.0 cm³/mol. The lowest BCUT2D eigenvalue weighted by Gasteiger charge is -1.99. The first kappa shape index (κ1) is 12.0. The summed E-state index contributed by atoms with van der Waals surface area (Å²) in [5.74, 6) is -0.665. The molecular weight excluding hydrogens is 204 g/mol. The smallest absolute Gasteiger partial charge is 0.313 e. The molecule has 3 N–H and O–H groups in total. The lowest BCUT2D eigenvalue weighted by molar-refractivity contribution is -0.140. The predicted octanol–water partition coefficient (Wildman–Crippen LogP) is 1.57. The highest BCUT2D eigenvalue weighted by Crippen LogP contribution is 2.00. The summed E-state index contributed by atoms with van der Waals surface area (Å²) in [7, 11) is 0. The van der Waals surface area contributed by atoms with E-state index in [-0.39, 0.29) is 18.9 Å². The summed E-state index contributed by atoms with van der Waals surface area (Å²) in [6.07, 6.45) is 3.45. The Kier molecular flexibility index (Phi) is 4.79. The maximum atomic E-state index is 11.0. The van der Waals surface area contributed by atoms with Crippen LogP contribution in [0.2, 0.25) is 0 Å². The molecule has 0 fully saturated rings. The minimum absolute atomic E-state index is 0.154.